The Labute approximate surface area is 190 Å². The van der Waals surface area contributed by atoms with Crippen LogP contribution in [0.25, 0.3) is 11.1 Å². The van der Waals surface area contributed by atoms with Gasteiger partial charge in [0.1, 0.15) is 11.6 Å². The molecule has 0 saturated carbocycles. The second kappa shape index (κ2) is 7.74. The molecule has 1 amide bonds. The number of amides is 1. The van der Waals surface area contributed by atoms with Crippen LogP contribution < -0.4 is 10.0 Å². The van der Waals surface area contributed by atoms with Gasteiger partial charge in [0, 0.05) is 23.2 Å². The Morgan fingerprint density at radius 3 is 2.42 bits per heavy atom. The predicted octanol–water partition coefficient (Wildman–Crippen LogP) is 3.97. The van der Waals surface area contributed by atoms with Gasteiger partial charge in [0.15, 0.2) is 0 Å². The average molecular weight is 469 g/mol. The lowest BCUT2D eigenvalue weighted by molar-refractivity contribution is -0.122. The summed E-state index contributed by atoms with van der Waals surface area (Å²) >= 11 is 0. The van der Waals surface area contributed by atoms with Gasteiger partial charge in [-0.3, -0.25) is 4.79 Å². The zero-order valence-corrected chi connectivity index (χ0v) is 18.7. The second-order valence-electron chi connectivity index (χ2n) is 8.81. The Hall–Kier alpha value is -3.10. The van der Waals surface area contributed by atoms with Crippen molar-refractivity contribution in [2.75, 3.05) is 4.90 Å². The van der Waals surface area contributed by atoms with E-state index in [1.165, 1.54) is 18.2 Å². The monoisotopic (exact) mass is 468 g/mol. The van der Waals surface area contributed by atoms with Gasteiger partial charge in [-0.05, 0) is 78.8 Å². The largest absolute Gasteiger partial charge is 0.309 e. The van der Waals surface area contributed by atoms with Crippen LogP contribution in [-0.2, 0) is 34.1 Å². The Kier molecular flexibility index (Phi) is 5.10. The third-order valence-corrected chi connectivity index (χ3v) is 7.48. The molecule has 170 valence electrons. The first-order valence-electron chi connectivity index (χ1n) is 10.7. The number of nitrogens with zero attached hydrogens (tertiary/aromatic N) is 1. The third kappa shape index (κ3) is 3.83. The van der Waals surface area contributed by atoms with E-state index in [-0.39, 0.29) is 28.3 Å². The molecule has 0 radical (unpaired) electrons. The molecule has 0 fully saturated rings. The van der Waals surface area contributed by atoms with E-state index in [0.29, 0.717) is 30.5 Å². The fourth-order valence-corrected chi connectivity index (χ4v) is 5.51. The van der Waals surface area contributed by atoms with Gasteiger partial charge >= 0.3 is 0 Å². The second-order valence-corrected chi connectivity index (χ2v) is 10.4. The van der Waals surface area contributed by atoms with Gasteiger partial charge in [-0.2, -0.15) is 0 Å². The molecule has 0 aromatic heterocycles. The Morgan fingerprint density at radius 2 is 1.67 bits per heavy atom. The minimum absolute atomic E-state index is 0.0235. The fourth-order valence-electron chi connectivity index (χ4n) is 4.98. The highest BCUT2D eigenvalue weighted by Gasteiger charge is 2.38. The molecule has 2 atom stereocenters. The number of carbonyl (C=O) groups is 1. The predicted molar refractivity (Wildman–Crippen MR) is 121 cm³/mol. The highest BCUT2D eigenvalue weighted by molar-refractivity contribution is 7.89. The summed E-state index contributed by atoms with van der Waals surface area (Å²) in [5.41, 5.74) is 4.17. The van der Waals surface area contributed by atoms with E-state index in [9.17, 15) is 22.0 Å². The average Bonchev–Trinajstić information content (AvgIpc) is 3.33. The summed E-state index contributed by atoms with van der Waals surface area (Å²) in [6, 6.07) is 13.3. The molecule has 2 unspecified atom stereocenters. The molecule has 0 bridgehead atoms. The number of hydrogen-bond acceptors (Lipinski definition) is 3. The molecule has 33 heavy (non-hydrogen) atoms. The maximum atomic E-state index is 14.2. The summed E-state index contributed by atoms with van der Waals surface area (Å²) in [7, 11) is -3.89. The van der Waals surface area contributed by atoms with Gasteiger partial charge in [0.25, 0.3) is 0 Å². The van der Waals surface area contributed by atoms with Crippen LogP contribution in [0.3, 0.4) is 0 Å². The van der Waals surface area contributed by atoms with Crippen molar-refractivity contribution >= 4 is 21.6 Å². The number of rotatable bonds is 3. The molecule has 3 aromatic carbocycles. The Bertz CT molecular complexity index is 1400. The molecular formula is C25H22F2N2O3S. The van der Waals surface area contributed by atoms with Crippen LogP contribution in [0.2, 0.25) is 0 Å². The van der Waals surface area contributed by atoms with Gasteiger partial charge in [-0.1, -0.05) is 24.3 Å². The molecule has 2 aliphatic rings. The van der Waals surface area contributed by atoms with Crippen LogP contribution in [-0.4, -0.2) is 20.4 Å². The van der Waals surface area contributed by atoms with Gasteiger partial charge in [-0.25, -0.2) is 22.3 Å². The van der Waals surface area contributed by atoms with Gasteiger partial charge in [0.05, 0.1) is 4.90 Å². The van der Waals surface area contributed by atoms with E-state index in [4.69, 9.17) is 5.14 Å². The molecule has 0 spiro atoms. The van der Waals surface area contributed by atoms with Crippen molar-refractivity contribution in [2.24, 2.45) is 11.1 Å². The van der Waals surface area contributed by atoms with E-state index >= 15 is 0 Å². The van der Waals surface area contributed by atoms with Crippen LogP contribution >= 0.6 is 0 Å². The number of benzene rings is 3. The van der Waals surface area contributed by atoms with E-state index in [2.05, 4.69) is 0 Å². The molecule has 1 aliphatic carbocycles. The summed E-state index contributed by atoms with van der Waals surface area (Å²) in [6.45, 7) is 1.93. The van der Waals surface area contributed by atoms with Crippen LogP contribution in [0.15, 0.2) is 59.5 Å². The first-order valence-corrected chi connectivity index (χ1v) is 12.2. The standard InChI is InChI=1S/C25H22F2N2O3S/c1-14-8-17-4-6-21(33(28,31)32)13-24(17)29(14)25(30)19-9-15-2-3-16(10-18(15)11-19)22-12-20(26)5-7-23(22)27/h2-7,10,12-14,19H,8-9,11H2,1H3,(H2,28,31,32). The fraction of sp³-hybridized carbons (Fsp3) is 0.240. The molecule has 5 nitrogen and oxygen atoms in total. The first-order chi connectivity index (χ1) is 15.6. The quantitative estimate of drug-likeness (QED) is 0.632. The van der Waals surface area contributed by atoms with Gasteiger partial charge < -0.3 is 4.90 Å². The highest BCUT2D eigenvalue weighted by atomic mass is 32.2. The van der Waals surface area contributed by atoms with E-state index in [1.54, 1.807) is 17.0 Å². The number of nitrogens with two attached hydrogens (primary N) is 1. The van der Waals surface area contributed by atoms with Crippen molar-refractivity contribution in [3.63, 3.8) is 0 Å². The van der Waals surface area contributed by atoms with Crippen LogP contribution in [0.1, 0.15) is 23.6 Å². The summed E-state index contributed by atoms with van der Waals surface area (Å²) in [4.78, 5) is 15.2. The zero-order valence-electron chi connectivity index (χ0n) is 17.9. The van der Waals surface area contributed by atoms with E-state index < -0.39 is 21.7 Å². The molecule has 1 aliphatic heterocycles. The molecule has 8 heteroatoms. The summed E-state index contributed by atoms with van der Waals surface area (Å²) < 4.78 is 51.5. The number of sulfonamides is 1. The summed E-state index contributed by atoms with van der Waals surface area (Å²) in [6.07, 6.45) is 1.65. The van der Waals surface area contributed by atoms with Crippen LogP contribution in [0, 0.1) is 17.6 Å². The van der Waals surface area contributed by atoms with Crippen LogP contribution in [0.5, 0.6) is 0 Å². The van der Waals surface area contributed by atoms with Gasteiger partial charge in [0.2, 0.25) is 15.9 Å². The normalized spacial score (nSPS) is 19.5. The lowest BCUT2D eigenvalue weighted by Crippen LogP contribution is -2.40. The molecular weight excluding hydrogens is 446 g/mol. The molecule has 2 N–H and O–H groups in total. The number of fused-ring (bicyclic) bond motifs is 2. The minimum Gasteiger partial charge on any atom is -0.309 e. The van der Waals surface area contributed by atoms with Crippen LogP contribution in [0.4, 0.5) is 14.5 Å². The number of halogens is 2. The topological polar surface area (TPSA) is 80.5 Å². The zero-order chi connectivity index (χ0) is 23.5. The van der Waals surface area contributed by atoms with Gasteiger partial charge in [-0.15, -0.1) is 0 Å². The number of carbonyl (C=O) groups excluding carboxylic acids is 1. The third-order valence-electron chi connectivity index (χ3n) is 6.57. The summed E-state index contributed by atoms with van der Waals surface area (Å²) in [5.74, 6) is -1.42. The van der Waals surface area contributed by atoms with Crippen molar-refractivity contribution < 1.29 is 22.0 Å². The maximum absolute atomic E-state index is 14.2. The molecule has 0 saturated heterocycles. The minimum atomic E-state index is -3.89. The number of anilines is 1. The first kappa shape index (κ1) is 21.7. The Balaban J connectivity index is 1.43. The lowest BCUT2D eigenvalue weighted by Gasteiger charge is -2.26. The highest BCUT2D eigenvalue weighted by Crippen LogP contribution is 2.38. The Morgan fingerprint density at radius 1 is 0.939 bits per heavy atom. The summed E-state index contributed by atoms with van der Waals surface area (Å²) in [5, 5.41) is 5.29. The van der Waals surface area contributed by atoms with Crippen molar-refractivity contribution in [1.82, 2.24) is 0 Å². The van der Waals surface area contributed by atoms with Crippen molar-refractivity contribution in [1.29, 1.82) is 0 Å². The SMILES string of the molecule is CC1Cc2ccc(S(N)(=O)=O)cc2N1C(=O)C1Cc2ccc(-c3cc(F)ccc3F)cc2C1. The lowest BCUT2D eigenvalue weighted by atomic mass is 10.00. The van der Waals surface area contributed by atoms with E-state index in [1.807, 2.05) is 19.1 Å². The molecule has 1 heterocycles. The van der Waals surface area contributed by atoms with Crippen molar-refractivity contribution in [3.8, 4) is 11.1 Å². The number of primary sulfonamides is 1. The van der Waals surface area contributed by atoms with Crippen molar-refractivity contribution in [2.45, 2.75) is 37.1 Å². The number of hydrogen-bond donors (Lipinski definition) is 1. The molecule has 5 rings (SSSR count). The molecule has 3 aromatic rings. The van der Waals surface area contributed by atoms with Crippen molar-refractivity contribution in [3.05, 3.63) is 82.9 Å². The van der Waals surface area contributed by atoms with E-state index in [0.717, 1.165) is 28.8 Å². The smallest absolute Gasteiger partial charge is 0.238 e. The maximum Gasteiger partial charge on any atom is 0.238 e.